The minimum atomic E-state index is -1.19. The molecule has 12 heteroatoms. The highest BCUT2D eigenvalue weighted by molar-refractivity contribution is 9.11. The second kappa shape index (κ2) is 10.5. The standard InChI is InChI=1S/C16H27BrN6O3SSi/c1-5-6-11(15(24)25)12(9-13-18-20-16(17)27-13)14-19-21-22-23(14)10-26-7-8-28(2,3)4/h11-12H,5-10H2,1-4H3,(H,24,25)/t11-,12-/m0/s1. The van der Waals surface area contributed by atoms with Gasteiger partial charge in [-0.25, -0.2) is 4.68 Å². The van der Waals surface area contributed by atoms with Gasteiger partial charge in [-0.2, -0.15) is 0 Å². The molecule has 0 amide bonds. The summed E-state index contributed by atoms with van der Waals surface area (Å²) >= 11 is 4.69. The van der Waals surface area contributed by atoms with E-state index in [0.29, 0.717) is 29.2 Å². The van der Waals surface area contributed by atoms with Crippen LogP contribution < -0.4 is 0 Å². The average Bonchev–Trinajstić information content (AvgIpc) is 3.22. The van der Waals surface area contributed by atoms with E-state index >= 15 is 0 Å². The summed E-state index contributed by atoms with van der Waals surface area (Å²) in [6.45, 7) is 9.69. The minimum Gasteiger partial charge on any atom is -0.481 e. The van der Waals surface area contributed by atoms with Crippen molar-refractivity contribution in [2.75, 3.05) is 6.61 Å². The SMILES string of the molecule is CCC[C@H](C(=O)O)[C@H](Cc1nnc(Br)s1)c1nnnn1COCC[Si](C)(C)C. The van der Waals surface area contributed by atoms with Crippen LogP contribution in [0.2, 0.25) is 25.7 Å². The Kier molecular flexibility index (Phi) is 8.65. The molecule has 2 heterocycles. The third-order valence-electron chi connectivity index (χ3n) is 4.34. The number of nitrogens with zero attached hydrogens (tertiary/aromatic N) is 6. The summed E-state index contributed by atoms with van der Waals surface area (Å²) in [4.78, 5) is 12.0. The molecule has 0 radical (unpaired) electrons. The van der Waals surface area contributed by atoms with E-state index in [4.69, 9.17) is 4.74 Å². The van der Waals surface area contributed by atoms with Crippen molar-refractivity contribution in [3.05, 3.63) is 14.7 Å². The molecular formula is C16H27BrN6O3SSi. The van der Waals surface area contributed by atoms with Crippen LogP contribution in [0.5, 0.6) is 0 Å². The Morgan fingerprint density at radius 3 is 2.64 bits per heavy atom. The molecule has 0 aliphatic rings. The van der Waals surface area contributed by atoms with E-state index in [9.17, 15) is 9.90 Å². The number of tetrazole rings is 1. The molecule has 0 saturated carbocycles. The lowest BCUT2D eigenvalue weighted by molar-refractivity contribution is -0.143. The van der Waals surface area contributed by atoms with E-state index in [1.807, 2.05) is 6.92 Å². The maximum absolute atomic E-state index is 12.0. The molecule has 0 bridgehead atoms. The third-order valence-corrected chi connectivity index (χ3v) is 7.42. The summed E-state index contributed by atoms with van der Waals surface area (Å²) in [5.41, 5.74) is 0. The van der Waals surface area contributed by atoms with Crippen molar-refractivity contribution in [3.63, 3.8) is 0 Å². The van der Waals surface area contributed by atoms with Crippen LogP contribution in [0.3, 0.4) is 0 Å². The van der Waals surface area contributed by atoms with Gasteiger partial charge in [0, 0.05) is 27.0 Å². The molecule has 0 aliphatic carbocycles. The Hall–Kier alpha value is -1.24. The van der Waals surface area contributed by atoms with Crippen LogP contribution in [0.25, 0.3) is 0 Å². The molecule has 0 spiro atoms. The average molecular weight is 491 g/mol. The molecule has 2 aromatic rings. The van der Waals surface area contributed by atoms with Gasteiger partial charge in [0.25, 0.3) is 0 Å². The number of hydrogen-bond acceptors (Lipinski definition) is 8. The number of carboxylic acids is 1. The maximum Gasteiger partial charge on any atom is 0.307 e. The van der Waals surface area contributed by atoms with Crippen LogP contribution in [0.15, 0.2) is 3.92 Å². The first-order valence-corrected chi connectivity index (χ1v) is 14.6. The van der Waals surface area contributed by atoms with E-state index in [0.717, 1.165) is 17.5 Å². The molecular weight excluding hydrogens is 464 g/mol. The highest BCUT2D eigenvalue weighted by Gasteiger charge is 2.34. The van der Waals surface area contributed by atoms with E-state index in [1.54, 1.807) is 4.68 Å². The van der Waals surface area contributed by atoms with Gasteiger partial charge in [0.1, 0.15) is 11.7 Å². The number of halogens is 1. The van der Waals surface area contributed by atoms with Gasteiger partial charge in [-0.3, -0.25) is 4.79 Å². The Balaban J connectivity index is 2.20. The van der Waals surface area contributed by atoms with Crippen molar-refractivity contribution in [2.45, 2.75) is 64.5 Å². The number of hydrogen-bond donors (Lipinski definition) is 1. The summed E-state index contributed by atoms with van der Waals surface area (Å²) in [6.07, 6.45) is 1.69. The first kappa shape index (κ1) is 23.0. The number of carbonyl (C=O) groups is 1. The van der Waals surface area contributed by atoms with E-state index < -0.39 is 25.9 Å². The van der Waals surface area contributed by atoms with Gasteiger partial charge in [0.05, 0.1) is 5.92 Å². The molecule has 2 atom stereocenters. The number of aliphatic carboxylic acids is 1. The predicted octanol–water partition coefficient (Wildman–Crippen LogP) is 3.43. The number of carboxylic acid groups (broad SMARTS) is 1. The fourth-order valence-corrected chi connectivity index (χ4v) is 4.84. The zero-order valence-electron chi connectivity index (χ0n) is 16.6. The topological polar surface area (TPSA) is 116 Å². The summed E-state index contributed by atoms with van der Waals surface area (Å²) in [5.74, 6) is -1.36. The molecule has 0 fully saturated rings. The largest absolute Gasteiger partial charge is 0.481 e. The molecule has 0 aromatic carbocycles. The number of ether oxygens (including phenoxy) is 1. The van der Waals surface area contributed by atoms with Gasteiger partial charge < -0.3 is 9.84 Å². The lowest BCUT2D eigenvalue weighted by atomic mass is 9.85. The monoisotopic (exact) mass is 490 g/mol. The quantitative estimate of drug-likeness (QED) is 0.355. The number of aromatic nitrogens is 6. The minimum absolute atomic E-state index is 0.210. The zero-order valence-corrected chi connectivity index (χ0v) is 20.0. The van der Waals surface area contributed by atoms with Crippen molar-refractivity contribution < 1.29 is 14.6 Å². The predicted molar refractivity (Wildman–Crippen MR) is 112 cm³/mol. The van der Waals surface area contributed by atoms with Crippen molar-refractivity contribution in [3.8, 4) is 0 Å². The van der Waals surface area contributed by atoms with Crippen molar-refractivity contribution >= 4 is 41.3 Å². The summed E-state index contributed by atoms with van der Waals surface area (Å²) in [6, 6.07) is 1.04. The second-order valence-electron chi connectivity index (χ2n) is 7.88. The Morgan fingerprint density at radius 2 is 2.07 bits per heavy atom. The first-order valence-electron chi connectivity index (χ1n) is 9.25. The smallest absolute Gasteiger partial charge is 0.307 e. The highest BCUT2D eigenvalue weighted by atomic mass is 79.9. The summed E-state index contributed by atoms with van der Waals surface area (Å²) in [5, 5.41) is 30.6. The van der Waals surface area contributed by atoms with Crippen molar-refractivity contribution in [1.82, 2.24) is 30.4 Å². The van der Waals surface area contributed by atoms with Crippen LogP contribution in [-0.2, 0) is 22.7 Å². The second-order valence-corrected chi connectivity index (χ2v) is 15.8. The molecule has 9 nitrogen and oxygen atoms in total. The summed E-state index contributed by atoms with van der Waals surface area (Å²) in [7, 11) is -1.19. The van der Waals surface area contributed by atoms with Gasteiger partial charge in [-0.1, -0.05) is 44.3 Å². The number of rotatable bonds is 12. The van der Waals surface area contributed by atoms with Crippen LogP contribution in [-0.4, -0.2) is 56.2 Å². The van der Waals surface area contributed by atoms with E-state index in [1.165, 1.54) is 11.3 Å². The van der Waals surface area contributed by atoms with E-state index in [-0.39, 0.29) is 6.73 Å². The molecule has 0 unspecified atom stereocenters. The fourth-order valence-electron chi connectivity index (χ4n) is 2.82. The lowest BCUT2D eigenvalue weighted by Crippen LogP contribution is -2.27. The first-order chi connectivity index (χ1) is 13.2. The Labute approximate surface area is 178 Å². The third kappa shape index (κ3) is 6.98. The molecule has 156 valence electrons. The molecule has 0 aliphatic heterocycles. The molecule has 1 N–H and O–H groups in total. The molecule has 2 aromatic heterocycles. The van der Waals surface area contributed by atoms with Crippen LogP contribution in [0.4, 0.5) is 0 Å². The van der Waals surface area contributed by atoms with Gasteiger partial charge in [0.15, 0.2) is 9.74 Å². The van der Waals surface area contributed by atoms with Gasteiger partial charge in [0.2, 0.25) is 0 Å². The Morgan fingerprint density at radius 1 is 1.32 bits per heavy atom. The van der Waals surface area contributed by atoms with Crippen molar-refractivity contribution in [1.29, 1.82) is 0 Å². The molecule has 0 saturated heterocycles. The lowest BCUT2D eigenvalue weighted by Gasteiger charge is -2.22. The van der Waals surface area contributed by atoms with Gasteiger partial charge >= 0.3 is 5.97 Å². The molecule has 28 heavy (non-hydrogen) atoms. The van der Waals surface area contributed by atoms with Gasteiger partial charge in [-0.05, 0) is 38.8 Å². The normalized spacial score (nSPS) is 14.2. The zero-order chi connectivity index (χ0) is 20.7. The maximum atomic E-state index is 12.0. The van der Waals surface area contributed by atoms with Crippen LogP contribution >= 0.6 is 27.3 Å². The van der Waals surface area contributed by atoms with Crippen LogP contribution in [0, 0.1) is 5.92 Å². The van der Waals surface area contributed by atoms with E-state index in [2.05, 4.69) is 61.3 Å². The highest BCUT2D eigenvalue weighted by Crippen LogP contribution is 2.32. The van der Waals surface area contributed by atoms with Crippen molar-refractivity contribution in [2.24, 2.45) is 5.92 Å². The molecule has 2 rings (SSSR count). The fraction of sp³-hybridized carbons (Fsp3) is 0.750. The van der Waals surface area contributed by atoms with Gasteiger partial charge in [-0.15, -0.1) is 15.3 Å². The Bertz CT molecular complexity index is 766. The summed E-state index contributed by atoms with van der Waals surface area (Å²) < 4.78 is 8.01. The van der Waals surface area contributed by atoms with Crippen LogP contribution in [0.1, 0.15) is 36.5 Å².